The topological polar surface area (TPSA) is 99.8 Å². The summed E-state index contributed by atoms with van der Waals surface area (Å²) in [6, 6.07) is -0.742. The van der Waals surface area contributed by atoms with Gasteiger partial charge in [0.05, 0.1) is 6.61 Å². The molecular weight excluding hydrogens is 250 g/mol. The molecule has 1 aliphatic rings. The zero-order chi connectivity index (χ0) is 14.0. The zero-order valence-electron chi connectivity index (χ0n) is 10.5. The van der Waals surface area contributed by atoms with Crippen molar-refractivity contribution in [2.45, 2.75) is 25.8 Å². The van der Waals surface area contributed by atoms with Gasteiger partial charge in [0.1, 0.15) is 17.4 Å². The van der Waals surface area contributed by atoms with Gasteiger partial charge in [-0.1, -0.05) is 19.4 Å². The van der Waals surface area contributed by atoms with Crippen molar-refractivity contribution in [1.29, 1.82) is 0 Å². The van der Waals surface area contributed by atoms with Crippen LogP contribution in [0, 0.1) is 0 Å². The van der Waals surface area contributed by atoms with Crippen molar-refractivity contribution in [3.05, 3.63) is 33.4 Å². The lowest BCUT2D eigenvalue weighted by Gasteiger charge is -2.07. The highest BCUT2D eigenvalue weighted by Gasteiger charge is 2.35. The fourth-order valence-corrected chi connectivity index (χ4v) is 1.91. The first-order valence-corrected chi connectivity index (χ1v) is 6.08. The van der Waals surface area contributed by atoms with Crippen molar-refractivity contribution in [2.24, 2.45) is 0 Å². The fraction of sp³-hybridized carbons (Fsp3) is 0.385. The van der Waals surface area contributed by atoms with Crippen LogP contribution in [0.25, 0.3) is 6.08 Å². The molecule has 6 nitrogen and oxygen atoms in total. The third kappa shape index (κ3) is 2.26. The van der Waals surface area contributed by atoms with Crippen molar-refractivity contribution in [3.63, 3.8) is 0 Å². The molecule has 3 N–H and O–H groups in total. The van der Waals surface area contributed by atoms with E-state index < -0.39 is 23.1 Å². The summed E-state index contributed by atoms with van der Waals surface area (Å²) in [6.07, 6.45) is 4.97. The van der Waals surface area contributed by atoms with Crippen molar-refractivity contribution in [2.75, 3.05) is 6.61 Å². The molecule has 1 atom stereocenters. The highest BCUT2D eigenvalue weighted by atomic mass is 16.4. The number of carbonyl (C=O) groups is 1. The third-order valence-electron chi connectivity index (χ3n) is 2.90. The minimum atomic E-state index is -0.772. The molecule has 0 aliphatic carbocycles. The number of hydrogen-bond donors (Lipinski definition) is 3. The van der Waals surface area contributed by atoms with Gasteiger partial charge in [0, 0.05) is 0 Å². The second-order valence-electron chi connectivity index (χ2n) is 4.28. The normalized spacial score (nSPS) is 17.8. The maximum atomic E-state index is 11.9. The van der Waals surface area contributed by atoms with Crippen molar-refractivity contribution >= 4 is 12.0 Å². The van der Waals surface area contributed by atoms with Crippen LogP contribution < -0.4 is 10.7 Å². The summed E-state index contributed by atoms with van der Waals surface area (Å²) in [4.78, 5) is 23.5. The molecule has 0 saturated heterocycles. The number of aromatic hydroxyl groups is 1. The SMILES string of the molecule is CCCC=Cc1oc2c(c(=O)c1O)C(=O)NC2CO. The molecule has 0 spiro atoms. The van der Waals surface area contributed by atoms with Gasteiger partial charge in [0.15, 0.2) is 5.76 Å². The Bertz CT molecular complexity index is 587. The summed E-state index contributed by atoms with van der Waals surface area (Å²) in [5.41, 5.74) is -1.00. The molecule has 2 rings (SSSR count). The standard InChI is InChI=1S/C13H15NO5/c1-2-3-4-5-8-10(16)11(17)9-12(19-8)7(6-15)14-13(9)18/h4-5,7,15-16H,2-3,6H2,1H3,(H,14,18). The van der Waals surface area contributed by atoms with E-state index >= 15 is 0 Å². The maximum Gasteiger partial charge on any atom is 0.259 e. The van der Waals surface area contributed by atoms with E-state index in [-0.39, 0.29) is 23.7 Å². The molecule has 1 unspecified atom stereocenters. The smallest absolute Gasteiger partial charge is 0.259 e. The maximum absolute atomic E-state index is 11.9. The van der Waals surface area contributed by atoms with Crippen LogP contribution in [0.15, 0.2) is 15.3 Å². The molecule has 0 aromatic carbocycles. The van der Waals surface area contributed by atoms with E-state index in [1.807, 2.05) is 6.92 Å². The Morgan fingerprint density at radius 3 is 2.79 bits per heavy atom. The lowest BCUT2D eigenvalue weighted by Crippen LogP contribution is -2.23. The van der Waals surface area contributed by atoms with Crippen LogP contribution in [0.5, 0.6) is 5.75 Å². The van der Waals surface area contributed by atoms with E-state index in [0.717, 1.165) is 12.8 Å². The molecule has 0 radical (unpaired) electrons. The van der Waals surface area contributed by atoms with Crippen LogP contribution in [0.3, 0.4) is 0 Å². The minimum absolute atomic E-state index is 0.00662. The largest absolute Gasteiger partial charge is 0.502 e. The van der Waals surface area contributed by atoms with Gasteiger partial charge < -0.3 is 19.9 Å². The van der Waals surface area contributed by atoms with Crippen LogP contribution >= 0.6 is 0 Å². The van der Waals surface area contributed by atoms with Gasteiger partial charge in [-0.3, -0.25) is 9.59 Å². The Morgan fingerprint density at radius 2 is 2.16 bits per heavy atom. The van der Waals surface area contributed by atoms with Gasteiger partial charge in [-0.15, -0.1) is 0 Å². The third-order valence-corrected chi connectivity index (χ3v) is 2.90. The lowest BCUT2D eigenvalue weighted by molar-refractivity contribution is 0.0940. The predicted molar refractivity (Wildman–Crippen MR) is 67.9 cm³/mol. The number of hydrogen-bond acceptors (Lipinski definition) is 5. The molecule has 1 aromatic rings. The molecule has 1 aliphatic heterocycles. The van der Waals surface area contributed by atoms with Gasteiger partial charge >= 0.3 is 0 Å². The Hall–Kier alpha value is -2.08. The fourth-order valence-electron chi connectivity index (χ4n) is 1.91. The predicted octanol–water partition coefficient (Wildman–Crippen LogP) is 0.935. The number of fused-ring (bicyclic) bond motifs is 1. The average Bonchev–Trinajstić information content (AvgIpc) is 2.72. The van der Waals surface area contributed by atoms with Crippen LogP contribution in [0.4, 0.5) is 0 Å². The summed E-state index contributed by atoms with van der Waals surface area (Å²) >= 11 is 0. The summed E-state index contributed by atoms with van der Waals surface area (Å²) < 4.78 is 5.37. The Labute approximate surface area is 109 Å². The van der Waals surface area contributed by atoms with Crippen molar-refractivity contribution in [1.82, 2.24) is 5.32 Å². The molecule has 1 amide bonds. The molecule has 0 bridgehead atoms. The van der Waals surface area contributed by atoms with E-state index in [0.29, 0.717) is 0 Å². The Morgan fingerprint density at radius 1 is 1.42 bits per heavy atom. The quantitative estimate of drug-likeness (QED) is 0.752. The zero-order valence-corrected chi connectivity index (χ0v) is 10.5. The van der Waals surface area contributed by atoms with Crippen LogP contribution in [0.1, 0.15) is 47.7 Å². The molecule has 19 heavy (non-hydrogen) atoms. The molecule has 102 valence electrons. The molecule has 6 heteroatoms. The molecule has 0 fully saturated rings. The van der Waals surface area contributed by atoms with Crippen molar-refractivity contribution in [3.8, 4) is 5.75 Å². The highest BCUT2D eigenvalue weighted by Crippen LogP contribution is 2.28. The first-order chi connectivity index (χ1) is 9.10. The van der Waals surface area contributed by atoms with Gasteiger partial charge in [0.2, 0.25) is 11.2 Å². The number of nitrogens with one attached hydrogen (secondary N) is 1. The highest BCUT2D eigenvalue weighted by molar-refractivity contribution is 5.98. The van der Waals surface area contributed by atoms with E-state index in [2.05, 4.69) is 5.32 Å². The lowest BCUT2D eigenvalue weighted by atomic mass is 10.1. The van der Waals surface area contributed by atoms with Crippen LogP contribution in [0.2, 0.25) is 0 Å². The average molecular weight is 265 g/mol. The first-order valence-electron chi connectivity index (χ1n) is 6.08. The minimum Gasteiger partial charge on any atom is -0.502 e. The number of unbranched alkanes of at least 4 members (excludes halogenated alkanes) is 1. The summed E-state index contributed by atoms with van der Waals surface area (Å²) in [6.45, 7) is 1.62. The van der Waals surface area contributed by atoms with Gasteiger partial charge in [-0.2, -0.15) is 0 Å². The first kappa shape index (κ1) is 13.4. The van der Waals surface area contributed by atoms with E-state index in [1.54, 1.807) is 6.08 Å². The van der Waals surface area contributed by atoms with Crippen LogP contribution in [-0.4, -0.2) is 22.7 Å². The molecule has 0 saturated carbocycles. The van der Waals surface area contributed by atoms with Gasteiger partial charge in [-0.25, -0.2) is 0 Å². The summed E-state index contributed by atoms with van der Waals surface area (Å²) in [5.74, 6) is -1.14. The number of aliphatic hydroxyl groups excluding tert-OH is 1. The molecular formula is C13H15NO5. The monoisotopic (exact) mass is 265 g/mol. The number of rotatable bonds is 4. The number of aliphatic hydroxyl groups is 1. The van der Waals surface area contributed by atoms with E-state index in [1.165, 1.54) is 6.08 Å². The Kier molecular flexibility index (Phi) is 3.71. The van der Waals surface area contributed by atoms with Crippen molar-refractivity contribution < 1.29 is 19.4 Å². The second kappa shape index (κ2) is 5.27. The van der Waals surface area contributed by atoms with E-state index in [9.17, 15) is 14.7 Å². The summed E-state index contributed by atoms with van der Waals surface area (Å²) in [5, 5.41) is 21.3. The molecule has 2 heterocycles. The van der Waals surface area contributed by atoms with Crippen LogP contribution in [-0.2, 0) is 0 Å². The number of carbonyl (C=O) groups excluding carboxylic acids is 1. The van der Waals surface area contributed by atoms with E-state index in [4.69, 9.17) is 9.52 Å². The second-order valence-corrected chi connectivity index (χ2v) is 4.28. The van der Waals surface area contributed by atoms with Gasteiger partial charge in [-0.05, 0) is 12.5 Å². The number of allylic oxidation sites excluding steroid dienone is 1. The van der Waals surface area contributed by atoms with Gasteiger partial charge in [0.25, 0.3) is 5.91 Å². The molecule has 1 aromatic heterocycles. The number of amides is 1. The summed E-state index contributed by atoms with van der Waals surface area (Å²) in [7, 11) is 0. The Balaban J connectivity index is 2.53.